The van der Waals surface area contributed by atoms with Gasteiger partial charge in [0.05, 0.1) is 12.5 Å². The Hall–Kier alpha value is -2.38. The van der Waals surface area contributed by atoms with Gasteiger partial charge in [-0.1, -0.05) is 32.8 Å². The summed E-state index contributed by atoms with van der Waals surface area (Å²) in [6, 6.07) is 0. The second kappa shape index (κ2) is 13.0. The van der Waals surface area contributed by atoms with Crippen LogP contribution in [0.2, 0.25) is 0 Å². The van der Waals surface area contributed by atoms with Crippen molar-refractivity contribution in [1.82, 2.24) is 5.32 Å². The van der Waals surface area contributed by atoms with Crippen LogP contribution in [-0.2, 0) is 28.7 Å². The summed E-state index contributed by atoms with van der Waals surface area (Å²) >= 11 is 0. The molecule has 0 aliphatic rings. The van der Waals surface area contributed by atoms with Gasteiger partial charge in [0.25, 0.3) is 5.91 Å². The van der Waals surface area contributed by atoms with Gasteiger partial charge in [0.2, 0.25) is 0 Å². The number of unbranched alkanes of at least 4 members (excludes halogenated alkanes) is 3. The molecule has 0 aromatic carbocycles. The van der Waals surface area contributed by atoms with Gasteiger partial charge < -0.3 is 19.9 Å². The van der Waals surface area contributed by atoms with Crippen LogP contribution in [0.1, 0.15) is 52.4 Å². The number of carbonyl (C=O) groups excluding carboxylic acids is 3. The van der Waals surface area contributed by atoms with Crippen LogP contribution >= 0.6 is 0 Å². The molecule has 0 rings (SSSR count). The first-order valence-electron chi connectivity index (χ1n) is 8.29. The third-order valence-electron chi connectivity index (χ3n) is 3.21. The van der Waals surface area contributed by atoms with Crippen LogP contribution in [0.3, 0.4) is 0 Å². The predicted molar refractivity (Wildman–Crippen MR) is 89.7 cm³/mol. The number of nitrogens with one attached hydrogen (secondary N) is 1. The van der Waals surface area contributed by atoms with E-state index in [-0.39, 0.29) is 18.1 Å². The van der Waals surface area contributed by atoms with E-state index in [2.05, 4.69) is 18.2 Å². The highest BCUT2D eigenvalue weighted by Crippen LogP contribution is 2.10. The Bertz CT molecular complexity index is 487. The molecule has 0 aromatic rings. The van der Waals surface area contributed by atoms with E-state index in [1.165, 1.54) is 0 Å². The number of rotatable bonds is 13. The minimum Gasteiger partial charge on any atom is -0.480 e. The summed E-state index contributed by atoms with van der Waals surface area (Å²) in [5.74, 6) is -3.46. The molecule has 0 saturated carbocycles. The molecule has 0 bridgehead atoms. The van der Waals surface area contributed by atoms with Gasteiger partial charge in [0.15, 0.2) is 6.61 Å². The quantitative estimate of drug-likeness (QED) is 0.292. The molecule has 0 aromatic heterocycles. The van der Waals surface area contributed by atoms with E-state index in [0.717, 1.165) is 32.1 Å². The molecule has 0 heterocycles. The number of hydrogen-bond donors (Lipinski definition) is 2. The minimum absolute atomic E-state index is 0.130. The lowest BCUT2D eigenvalue weighted by Gasteiger charge is -2.13. The maximum atomic E-state index is 11.7. The lowest BCUT2D eigenvalue weighted by Crippen LogP contribution is -2.33. The summed E-state index contributed by atoms with van der Waals surface area (Å²) in [5.41, 5.74) is -0.130. The van der Waals surface area contributed by atoms with Gasteiger partial charge in [-0.15, -0.1) is 0 Å². The summed E-state index contributed by atoms with van der Waals surface area (Å²) in [7, 11) is 0. The number of hydrogen-bond acceptors (Lipinski definition) is 6. The van der Waals surface area contributed by atoms with E-state index < -0.39 is 37.0 Å². The zero-order valence-corrected chi connectivity index (χ0v) is 14.8. The third-order valence-corrected chi connectivity index (χ3v) is 3.21. The van der Waals surface area contributed by atoms with Crippen LogP contribution in [0.15, 0.2) is 12.2 Å². The van der Waals surface area contributed by atoms with E-state index >= 15 is 0 Å². The molecular weight excluding hydrogens is 330 g/mol. The van der Waals surface area contributed by atoms with Gasteiger partial charge in [0, 0.05) is 5.57 Å². The molecule has 142 valence electrons. The largest absolute Gasteiger partial charge is 0.480 e. The van der Waals surface area contributed by atoms with Crippen molar-refractivity contribution >= 4 is 23.8 Å². The number of ether oxygens (including phenoxy) is 2. The fourth-order valence-corrected chi connectivity index (χ4v) is 1.89. The molecule has 0 aliphatic heterocycles. The Morgan fingerprint density at radius 2 is 1.84 bits per heavy atom. The fraction of sp³-hybridized carbons (Fsp3) is 0.647. The van der Waals surface area contributed by atoms with Gasteiger partial charge in [-0.2, -0.15) is 0 Å². The zero-order chi connectivity index (χ0) is 19.2. The van der Waals surface area contributed by atoms with E-state index in [4.69, 9.17) is 9.84 Å². The maximum Gasteiger partial charge on any atom is 0.334 e. The first-order chi connectivity index (χ1) is 11.8. The van der Waals surface area contributed by atoms with Gasteiger partial charge in [-0.05, 0) is 19.8 Å². The fourth-order valence-electron chi connectivity index (χ4n) is 1.89. The Balaban J connectivity index is 4.01. The van der Waals surface area contributed by atoms with E-state index in [1.54, 1.807) is 6.92 Å². The second-order valence-corrected chi connectivity index (χ2v) is 5.68. The van der Waals surface area contributed by atoms with E-state index in [0.29, 0.717) is 0 Å². The predicted octanol–water partition coefficient (Wildman–Crippen LogP) is 1.58. The first kappa shape index (κ1) is 22.6. The standard InChI is InChI=1S/C17H27NO7/c1-4-5-6-7-8-13(3)25-16(22)9-12(2)17(23)24-11-14(19)18-10-15(20)21/h13H,2,4-11H2,1,3H3,(H,18,19)(H,20,21). The highest BCUT2D eigenvalue weighted by molar-refractivity contribution is 5.94. The monoisotopic (exact) mass is 357 g/mol. The normalized spacial score (nSPS) is 11.3. The van der Waals surface area contributed by atoms with Crippen molar-refractivity contribution in [2.75, 3.05) is 13.2 Å². The van der Waals surface area contributed by atoms with Gasteiger partial charge in [-0.3, -0.25) is 14.4 Å². The average Bonchev–Trinajstić information content (AvgIpc) is 2.54. The number of carbonyl (C=O) groups is 4. The van der Waals surface area contributed by atoms with Crippen LogP contribution in [0.25, 0.3) is 0 Å². The molecule has 0 radical (unpaired) electrons. The van der Waals surface area contributed by atoms with Crippen molar-refractivity contribution in [3.05, 3.63) is 12.2 Å². The zero-order valence-electron chi connectivity index (χ0n) is 14.8. The Kier molecular flexibility index (Phi) is 11.7. The molecule has 0 fully saturated rings. The summed E-state index contributed by atoms with van der Waals surface area (Å²) in [6.45, 7) is 6.13. The van der Waals surface area contributed by atoms with Gasteiger partial charge in [0.1, 0.15) is 6.54 Å². The number of carboxylic acid groups (broad SMARTS) is 1. The second-order valence-electron chi connectivity index (χ2n) is 5.68. The molecule has 2 N–H and O–H groups in total. The number of esters is 2. The molecule has 1 unspecified atom stereocenters. The average molecular weight is 357 g/mol. The van der Waals surface area contributed by atoms with Crippen molar-refractivity contribution in [3.63, 3.8) is 0 Å². The van der Waals surface area contributed by atoms with Crippen molar-refractivity contribution in [1.29, 1.82) is 0 Å². The van der Waals surface area contributed by atoms with Crippen LogP contribution in [-0.4, -0.2) is 48.2 Å². The van der Waals surface area contributed by atoms with Crippen molar-refractivity contribution < 1.29 is 33.8 Å². The van der Waals surface area contributed by atoms with Crippen LogP contribution < -0.4 is 5.32 Å². The van der Waals surface area contributed by atoms with E-state index in [9.17, 15) is 19.2 Å². The Labute approximate surface area is 147 Å². The maximum absolute atomic E-state index is 11.7. The lowest BCUT2D eigenvalue weighted by molar-refractivity contribution is -0.151. The lowest BCUT2D eigenvalue weighted by atomic mass is 10.1. The Morgan fingerprint density at radius 1 is 1.16 bits per heavy atom. The van der Waals surface area contributed by atoms with Crippen molar-refractivity contribution in [3.8, 4) is 0 Å². The van der Waals surface area contributed by atoms with Crippen LogP contribution in [0.4, 0.5) is 0 Å². The number of carboxylic acids is 1. The highest BCUT2D eigenvalue weighted by atomic mass is 16.5. The van der Waals surface area contributed by atoms with Crippen LogP contribution in [0, 0.1) is 0 Å². The smallest absolute Gasteiger partial charge is 0.334 e. The van der Waals surface area contributed by atoms with Crippen molar-refractivity contribution in [2.24, 2.45) is 0 Å². The molecule has 0 aliphatic carbocycles. The molecule has 0 saturated heterocycles. The van der Waals surface area contributed by atoms with Gasteiger partial charge in [-0.25, -0.2) is 4.79 Å². The van der Waals surface area contributed by atoms with E-state index in [1.807, 2.05) is 5.32 Å². The molecule has 8 heteroatoms. The summed E-state index contributed by atoms with van der Waals surface area (Å²) < 4.78 is 9.83. The SMILES string of the molecule is C=C(CC(=O)OC(C)CCCCCC)C(=O)OCC(=O)NCC(=O)O. The summed E-state index contributed by atoms with van der Waals surface area (Å²) in [5, 5.41) is 10.4. The highest BCUT2D eigenvalue weighted by Gasteiger charge is 2.17. The first-order valence-corrected chi connectivity index (χ1v) is 8.29. The van der Waals surface area contributed by atoms with Gasteiger partial charge >= 0.3 is 17.9 Å². The number of amides is 1. The molecule has 25 heavy (non-hydrogen) atoms. The summed E-state index contributed by atoms with van der Waals surface area (Å²) in [6.07, 6.45) is 4.52. The topological polar surface area (TPSA) is 119 Å². The molecular formula is C17H27NO7. The molecule has 0 spiro atoms. The Morgan fingerprint density at radius 3 is 2.44 bits per heavy atom. The molecule has 1 atom stereocenters. The number of aliphatic carboxylic acids is 1. The third kappa shape index (κ3) is 12.7. The molecule has 8 nitrogen and oxygen atoms in total. The molecule has 1 amide bonds. The van der Waals surface area contributed by atoms with Crippen LogP contribution in [0.5, 0.6) is 0 Å². The minimum atomic E-state index is -1.21. The summed E-state index contributed by atoms with van der Waals surface area (Å²) in [4.78, 5) is 44.8. The van der Waals surface area contributed by atoms with Crippen molar-refractivity contribution in [2.45, 2.75) is 58.5 Å².